The third-order valence-corrected chi connectivity index (χ3v) is 3.43. The summed E-state index contributed by atoms with van der Waals surface area (Å²) in [5.41, 5.74) is 1.08. The van der Waals surface area contributed by atoms with Gasteiger partial charge in [0.1, 0.15) is 7.11 Å². The molecule has 0 heterocycles. The van der Waals surface area contributed by atoms with Gasteiger partial charge in [-0.15, -0.1) is 0 Å². The van der Waals surface area contributed by atoms with E-state index in [1.807, 2.05) is 0 Å². The Labute approximate surface area is 109 Å². The molecular weight excluding hydrogens is 230 g/mol. The Morgan fingerprint density at radius 1 is 1.44 bits per heavy atom. The summed E-state index contributed by atoms with van der Waals surface area (Å²) in [5, 5.41) is 4.10. The van der Waals surface area contributed by atoms with Crippen LogP contribution in [0.2, 0.25) is 0 Å². The maximum absolute atomic E-state index is 11.4. The lowest BCUT2D eigenvalue weighted by Gasteiger charge is -2.17. The van der Waals surface area contributed by atoms with Crippen molar-refractivity contribution in [2.45, 2.75) is 39.0 Å². The quantitative estimate of drug-likeness (QED) is 0.415. The minimum atomic E-state index is -0.136. The zero-order chi connectivity index (χ0) is 13.4. The van der Waals surface area contributed by atoms with Crippen molar-refractivity contribution in [3.8, 4) is 0 Å². The van der Waals surface area contributed by atoms with Crippen LogP contribution in [-0.2, 0) is 14.4 Å². The number of nitrogens with zero attached hydrogens (tertiary/aromatic N) is 1. The first-order valence-electron chi connectivity index (χ1n) is 6.54. The molecule has 0 spiro atoms. The van der Waals surface area contributed by atoms with Gasteiger partial charge in [-0.2, -0.15) is 0 Å². The molecule has 4 nitrogen and oxygen atoms in total. The summed E-state index contributed by atoms with van der Waals surface area (Å²) < 4.78 is 4.75. The van der Waals surface area contributed by atoms with E-state index in [-0.39, 0.29) is 5.97 Å². The van der Waals surface area contributed by atoms with Crippen molar-refractivity contribution in [3.63, 3.8) is 0 Å². The van der Waals surface area contributed by atoms with Gasteiger partial charge in [-0.05, 0) is 31.6 Å². The molecule has 0 aromatic rings. The molecule has 0 N–H and O–H groups in total. The number of methoxy groups -OCH3 is 1. The molecule has 4 heteroatoms. The van der Waals surface area contributed by atoms with Gasteiger partial charge in [-0.1, -0.05) is 24.2 Å². The van der Waals surface area contributed by atoms with Crippen molar-refractivity contribution in [1.29, 1.82) is 0 Å². The van der Waals surface area contributed by atoms with Crippen LogP contribution < -0.4 is 0 Å². The van der Waals surface area contributed by atoms with E-state index in [1.54, 1.807) is 7.11 Å². The maximum Gasteiger partial charge on any atom is 0.305 e. The second kappa shape index (κ2) is 7.90. The first kappa shape index (κ1) is 14.7. The van der Waals surface area contributed by atoms with Crippen LogP contribution in [-0.4, -0.2) is 25.9 Å². The van der Waals surface area contributed by atoms with Crippen molar-refractivity contribution >= 4 is 11.7 Å². The van der Waals surface area contributed by atoms with Crippen molar-refractivity contribution in [2.24, 2.45) is 17.0 Å². The van der Waals surface area contributed by atoms with Crippen molar-refractivity contribution < 1.29 is 14.4 Å². The summed E-state index contributed by atoms with van der Waals surface area (Å²) in [6.45, 7) is 2.11. The topological polar surface area (TPSA) is 47.9 Å². The number of allylic oxidation sites excluding steroid dienone is 2. The van der Waals surface area contributed by atoms with Gasteiger partial charge < -0.3 is 9.57 Å². The number of oxime groups is 1. The van der Waals surface area contributed by atoms with Crippen LogP contribution in [0.3, 0.4) is 0 Å². The summed E-state index contributed by atoms with van der Waals surface area (Å²) in [6.07, 6.45) is 8.66. The molecule has 0 aromatic carbocycles. The summed E-state index contributed by atoms with van der Waals surface area (Å²) in [4.78, 5) is 16.3. The van der Waals surface area contributed by atoms with Crippen LogP contribution in [0.5, 0.6) is 0 Å². The first-order chi connectivity index (χ1) is 8.72. The van der Waals surface area contributed by atoms with Gasteiger partial charge in [-0.25, -0.2) is 0 Å². The fourth-order valence-electron chi connectivity index (χ4n) is 2.50. The number of esters is 1. The number of carbonyl (C=O) groups is 1. The smallest absolute Gasteiger partial charge is 0.305 e. The lowest BCUT2D eigenvalue weighted by Crippen LogP contribution is -2.18. The minimum Gasteiger partial charge on any atom is -0.469 e. The zero-order valence-corrected chi connectivity index (χ0v) is 11.5. The molecule has 18 heavy (non-hydrogen) atoms. The van der Waals surface area contributed by atoms with E-state index >= 15 is 0 Å². The molecule has 0 bridgehead atoms. The maximum atomic E-state index is 11.4. The molecule has 0 radical (unpaired) electrons. The molecule has 1 saturated carbocycles. The third-order valence-electron chi connectivity index (χ3n) is 3.43. The Balaban J connectivity index is 2.67. The Kier molecular flexibility index (Phi) is 6.47. The second-order valence-corrected chi connectivity index (χ2v) is 4.57. The standard InChI is InChI=1S/C14H23NO3/c1-4-5-6-7-12-11(10-14(16)17-2)8-9-13(12)15-18-3/h5-6,11-12H,4,7-10H2,1-3H3. The SMILES string of the molecule is CCC=CCC1C(=NOC)CCC1CC(=O)OC. The fourth-order valence-corrected chi connectivity index (χ4v) is 2.50. The van der Waals surface area contributed by atoms with E-state index in [0.29, 0.717) is 18.3 Å². The number of rotatable bonds is 6. The van der Waals surface area contributed by atoms with Crippen LogP contribution >= 0.6 is 0 Å². The Morgan fingerprint density at radius 3 is 2.83 bits per heavy atom. The van der Waals surface area contributed by atoms with Gasteiger partial charge in [0.25, 0.3) is 0 Å². The minimum absolute atomic E-state index is 0.136. The molecule has 0 saturated heterocycles. The molecule has 1 fully saturated rings. The Bertz CT molecular complexity index is 323. The molecular formula is C14H23NO3. The van der Waals surface area contributed by atoms with Gasteiger partial charge in [-0.3, -0.25) is 4.79 Å². The predicted molar refractivity (Wildman–Crippen MR) is 71.3 cm³/mol. The predicted octanol–water partition coefficient (Wildman–Crippen LogP) is 2.93. The molecule has 1 aliphatic rings. The van der Waals surface area contributed by atoms with E-state index in [0.717, 1.165) is 31.4 Å². The Hall–Kier alpha value is -1.32. The van der Waals surface area contributed by atoms with E-state index < -0.39 is 0 Å². The van der Waals surface area contributed by atoms with Crippen molar-refractivity contribution in [1.82, 2.24) is 0 Å². The van der Waals surface area contributed by atoms with Crippen LogP contribution in [0.15, 0.2) is 17.3 Å². The normalized spacial score (nSPS) is 25.8. The summed E-state index contributed by atoms with van der Waals surface area (Å²) in [5.74, 6) is 0.503. The van der Waals surface area contributed by atoms with Gasteiger partial charge in [0.2, 0.25) is 0 Å². The largest absolute Gasteiger partial charge is 0.469 e. The average Bonchev–Trinajstić information content (AvgIpc) is 2.73. The highest BCUT2D eigenvalue weighted by Crippen LogP contribution is 2.35. The molecule has 0 aliphatic heterocycles. The molecule has 102 valence electrons. The highest BCUT2D eigenvalue weighted by atomic mass is 16.6. The molecule has 2 atom stereocenters. The second-order valence-electron chi connectivity index (χ2n) is 4.57. The first-order valence-corrected chi connectivity index (χ1v) is 6.54. The zero-order valence-electron chi connectivity index (χ0n) is 11.5. The van der Waals surface area contributed by atoms with Crippen LogP contribution in [0.25, 0.3) is 0 Å². The summed E-state index contributed by atoms with van der Waals surface area (Å²) in [7, 11) is 3.01. The number of hydrogen-bond acceptors (Lipinski definition) is 4. The van der Waals surface area contributed by atoms with Gasteiger partial charge in [0.15, 0.2) is 0 Å². The van der Waals surface area contributed by atoms with Crippen molar-refractivity contribution in [2.75, 3.05) is 14.2 Å². The van der Waals surface area contributed by atoms with E-state index in [2.05, 4.69) is 24.2 Å². The lowest BCUT2D eigenvalue weighted by atomic mass is 9.89. The molecule has 1 aliphatic carbocycles. The molecule has 2 unspecified atom stereocenters. The van der Waals surface area contributed by atoms with E-state index in [1.165, 1.54) is 7.11 Å². The summed E-state index contributed by atoms with van der Waals surface area (Å²) >= 11 is 0. The van der Waals surface area contributed by atoms with Gasteiger partial charge in [0, 0.05) is 12.3 Å². The highest BCUT2D eigenvalue weighted by molar-refractivity contribution is 5.89. The highest BCUT2D eigenvalue weighted by Gasteiger charge is 2.34. The fraction of sp³-hybridized carbons (Fsp3) is 0.714. The average molecular weight is 253 g/mol. The van der Waals surface area contributed by atoms with E-state index in [4.69, 9.17) is 9.57 Å². The molecule has 0 aromatic heterocycles. The van der Waals surface area contributed by atoms with Crippen LogP contribution in [0.1, 0.15) is 39.0 Å². The summed E-state index contributed by atoms with van der Waals surface area (Å²) in [6, 6.07) is 0. The number of carbonyl (C=O) groups excluding carboxylic acids is 1. The van der Waals surface area contributed by atoms with Gasteiger partial charge >= 0.3 is 5.97 Å². The number of hydrogen-bond donors (Lipinski definition) is 0. The van der Waals surface area contributed by atoms with Gasteiger partial charge in [0.05, 0.1) is 12.8 Å². The lowest BCUT2D eigenvalue weighted by molar-refractivity contribution is -0.141. The van der Waals surface area contributed by atoms with E-state index in [9.17, 15) is 4.79 Å². The molecule has 0 amide bonds. The van der Waals surface area contributed by atoms with Crippen LogP contribution in [0.4, 0.5) is 0 Å². The number of ether oxygens (including phenoxy) is 1. The third kappa shape index (κ3) is 4.17. The van der Waals surface area contributed by atoms with Crippen LogP contribution in [0, 0.1) is 11.8 Å². The van der Waals surface area contributed by atoms with Crippen molar-refractivity contribution in [3.05, 3.63) is 12.2 Å². The molecule has 1 rings (SSSR count). The Morgan fingerprint density at radius 2 is 2.22 bits per heavy atom. The monoisotopic (exact) mass is 253 g/mol.